The second-order valence-electron chi connectivity index (χ2n) is 8.35. The van der Waals surface area contributed by atoms with Crippen LogP contribution in [0, 0.1) is 5.92 Å². The molecule has 0 bridgehead atoms. The van der Waals surface area contributed by atoms with Gasteiger partial charge in [-0.05, 0) is 43.2 Å². The van der Waals surface area contributed by atoms with Crippen molar-refractivity contribution >= 4 is 40.8 Å². The summed E-state index contributed by atoms with van der Waals surface area (Å²) in [6, 6.07) is 13.6. The molecule has 3 amide bonds. The number of piperazine rings is 1. The smallest absolute Gasteiger partial charge is 0.326 e. The van der Waals surface area contributed by atoms with Gasteiger partial charge in [-0.1, -0.05) is 60.7 Å². The fourth-order valence-corrected chi connectivity index (χ4v) is 4.83. The molecule has 2 fully saturated rings. The summed E-state index contributed by atoms with van der Waals surface area (Å²) < 4.78 is 6.10. The number of imide groups is 1. The zero-order valence-electron chi connectivity index (χ0n) is 18.1. The molecule has 0 spiro atoms. The third-order valence-corrected chi connectivity index (χ3v) is 6.69. The van der Waals surface area contributed by atoms with Crippen LogP contribution in [0.2, 0.25) is 10.0 Å². The molecule has 1 aliphatic heterocycles. The van der Waals surface area contributed by atoms with E-state index in [4.69, 9.17) is 27.9 Å². The number of aliphatic hydroxyl groups excluding tert-OH is 1. The highest BCUT2D eigenvalue weighted by Crippen LogP contribution is 2.32. The number of urea groups is 1. The van der Waals surface area contributed by atoms with Crippen LogP contribution in [0.25, 0.3) is 0 Å². The van der Waals surface area contributed by atoms with Gasteiger partial charge in [0.1, 0.15) is 5.75 Å². The second kappa shape index (κ2) is 10.6. The van der Waals surface area contributed by atoms with Crippen molar-refractivity contribution in [3.63, 3.8) is 0 Å². The molecule has 2 unspecified atom stereocenters. The quantitative estimate of drug-likeness (QED) is 0.649. The van der Waals surface area contributed by atoms with Gasteiger partial charge in [0.25, 0.3) is 0 Å². The first kappa shape index (κ1) is 23.7. The molecule has 176 valence electrons. The summed E-state index contributed by atoms with van der Waals surface area (Å²) in [5.41, 5.74) is 0.824. The minimum Gasteiger partial charge on any atom is -0.464 e. The number of para-hydroxylation sites is 1. The van der Waals surface area contributed by atoms with E-state index >= 15 is 0 Å². The minimum absolute atomic E-state index is 0.162. The number of ether oxygens (including phenoxy) is 1. The molecule has 1 aliphatic carbocycles. The molecule has 2 aliphatic rings. The molecular formula is C24H27Cl2N3O4. The Balaban J connectivity index is 1.53. The Morgan fingerprint density at radius 1 is 1.00 bits per heavy atom. The fraction of sp³-hybridized carbons (Fsp3) is 0.417. The highest BCUT2D eigenvalue weighted by atomic mass is 35.5. The average Bonchev–Trinajstić information content (AvgIpc) is 2.82. The molecule has 1 heterocycles. The number of rotatable bonds is 4. The van der Waals surface area contributed by atoms with E-state index in [9.17, 15) is 14.7 Å². The molecule has 0 radical (unpaired) electrons. The highest BCUT2D eigenvalue weighted by molar-refractivity contribution is 6.35. The number of hydrogen-bond donors (Lipinski definition) is 2. The summed E-state index contributed by atoms with van der Waals surface area (Å²) in [5.74, 6) is -0.118. The average molecular weight is 492 g/mol. The van der Waals surface area contributed by atoms with E-state index < -0.39 is 18.5 Å². The number of carbonyl (C=O) groups excluding carboxylic acids is 2. The lowest BCUT2D eigenvalue weighted by molar-refractivity contribution is -0.125. The van der Waals surface area contributed by atoms with Crippen molar-refractivity contribution in [1.29, 1.82) is 0 Å². The van der Waals surface area contributed by atoms with Crippen molar-refractivity contribution in [3.05, 3.63) is 58.6 Å². The lowest BCUT2D eigenvalue weighted by atomic mass is 9.89. The van der Waals surface area contributed by atoms with Crippen molar-refractivity contribution in [3.8, 4) is 5.75 Å². The zero-order chi connectivity index (χ0) is 23.4. The predicted octanol–water partition coefficient (Wildman–Crippen LogP) is 4.66. The van der Waals surface area contributed by atoms with Crippen LogP contribution < -0.4 is 15.0 Å². The summed E-state index contributed by atoms with van der Waals surface area (Å²) in [4.78, 5) is 28.6. The number of amides is 3. The molecule has 2 aromatic carbocycles. The lowest BCUT2D eigenvalue weighted by Crippen LogP contribution is -2.65. The van der Waals surface area contributed by atoms with E-state index in [1.54, 1.807) is 18.2 Å². The Morgan fingerprint density at radius 2 is 1.73 bits per heavy atom. The normalized spacial score (nSPS) is 21.5. The lowest BCUT2D eigenvalue weighted by Gasteiger charge is -2.45. The van der Waals surface area contributed by atoms with Crippen LogP contribution in [0.1, 0.15) is 32.1 Å². The summed E-state index contributed by atoms with van der Waals surface area (Å²) in [5, 5.41) is 14.4. The van der Waals surface area contributed by atoms with Crippen LogP contribution in [-0.2, 0) is 4.79 Å². The Kier molecular flexibility index (Phi) is 7.63. The Labute approximate surface area is 203 Å². The maximum atomic E-state index is 12.9. The van der Waals surface area contributed by atoms with Gasteiger partial charge in [0.05, 0.1) is 5.02 Å². The second-order valence-corrected chi connectivity index (χ2v) is 9.19. The number of aliphatic hydroxyl groups is 1. The van der Waals surface area contributed by atoms with Gasteiger partial charge in [0.15, 0.2) is 6.23 Å². The van der Waals surface area contributed by atoms with Crippen LogP contribution in [0.15, 0.2) is 48.5 Å². The minimum atomic E-state index is -1.34. The number of nitrogens with one attached hydrogen (secondary N) is 1. The Bertz CT molecular complexity index is 985. The van der Waals surface area contributed by atoms with Gasteiger partial charge in [-0.25, -0.2) is 4.79 Å². The van der Waals surface area contributed by atoms with Crippen molar-refractivity contribution in [1.82, 2.24) is 10.2 Å². The van der Waals surface area contributed by atoms with E-state index in [-0.39, 0.29) is 23.4 Å². The van der Waals surface area contributed by atoms with Gasteiger partial charge in [0.2, 0.25) is 12.1 Å². The number of anilines is 1. The van der Waals surface area contributed by atoms with Crippen LogP contribution in [0.5, 0.6) is 5.75 Å². The number of hydrogen-bond acceptors (Lipinski definition) is 5. The third-order valence-electron chi connectivity index (χ3n) is 6.16. The number of carbonyl (C=O) groups is 2. The van der Waals surface area contributed by atoms with E-state index in [0.717, 1.165) is 37.8 Å². The molecule has 1 saturated carbocycles. The Morgan fingerprint density at radius 3 is 2.42 bits per heavy atom. The van der Waals surface area contributed by atoms with E-state index in [1.165, 1.54) is 4.90 Å². The third kappa shape index (κ3) is 5.54. The molecule has 2 aromatic rings. The first-order valence-corrected chi connectivity index (χ1v) is 11.9. The van der Waals surface area contributed by atoms with E-state index in [0.29, 0.717) is 17.3 Å². The zero-order valence-corrected chi connectivity index (χ0v) is 19.6. The molecule has 9 heteroatoms. The van der Waals surface area contributed by atoms with Gasteiger partial charge < -0.3 is 14.7 Å². The van der Waals surface area contributed by atoms with Gasteiger partial charge in [-0.3, -0.25) is 15.0 Å². The molecule has 0 aromatic heterocycles. The first-order valence-electron chi connectivity index (χ1n) is 11.2. The van der Waals surface area contributed by atoms with Crippen LogP contribution in [-0.4, -0.2) is 47.5 Å². The maximum Gasteiger partial charge on any atom is 0.326 e. The first-order chi connectivity index (χ1) is 15.9. The standard InChI is InChI=1S/C24H27Cl2N3O4/c25-17-11-12-20(19(26)15-17)33-23-22(31)29(14-13-28(23)18-9-5-2-6-10-18)24(32)27-21(30)16-7-3-1-4-8-16/h2,5-6,9-12,15-16,22-23,31H,1,3-4,7-8,13-14H2,(H,27,30,32). The molecule has 7 nitrogen and oxygen atoms in total. The SMILES string of the molecule is O=C(NC(=O)N1CCN(c2ccccc2)C(Oc2ccc(Cl)cc2Cl)C1O)C1CCCCC1. The topological polar surface area (TPSA) is 82.1 Å². The van der Waals surface area contributed by atoms with E-state index in [1.807, 2.05) is 35.2 Å². The molecule has 2 atom stereocenters. The molecule has 2 N–H and O–H groups in total. The summed E-state index contributed by atoms with van der Waals surface area (Å²) in [6.07, 6.45) is 2.36. The van der Waals surface area contributed by atoms with Crippen LogP contribution >= 0.6 is 23.2 Å². The summed E-state index contributed by atoms with van der Waals surface area (Å²) >= 11 is 12.3. The van der Waals surface area contributed by atoms with Gasteiger partial charge in [-0.2, -0.15) is 0 Å². The number of halogens is 2. The van der Waals surface area contributed by atoms with E-state index in [2.05, 4.69) is 5.32 Å². The fourth-order valence-electron chi connectivity index (χ4n) is 4.38. The largest absolute Gasteiger partial charge is 0.464 e. The molecule has 4 rings (SSSR count). The summed E-state index contributed by atoms with van der Waals surface area (Å²) in [7, 11) is 0. The van der Waals surface area contributed by atoms with Gasteiger partial charge >= 0.3 is 6.03 Å². The van der Waals surface area contributed by atoms with Crippen molar-refractivity contribution < 1.29 is 19.4 Å². The predicted molar refractivity (Wildman–Crippen MR) is 127 cm³/mol. The molecular weight excluding hydrogens is 465 g/mol. The maximum absolute atomic E-state index is 12.9. The molecule has 33 heavy (non-hydrogen) atoms. The number of nitrogens with zero attached hydrogens (tertiary/aromatic N) is 2. The highest BCUT2D eigenvalue weighted by Gasteiger charge is 2.41. The van der Waals surface area contributed by atoms with Crippen LogP contribution in [0.4, 0.5) is 10.5 Å². The summed E-state index contributed by atoms with van der Waals surface area (Å²) in [6.45, 7) is 0.607. The van der Waals surface area contributed by atoms with Gasteiger partial charge in [0, 0.05) is 29.7 Å². The van der Waals surface area contributed by atoms with Crippen molar-refractivity contribution in [2.24, 2.45) is 5.92 Å². The van der Waals surface area contributed by atoms with Crippen molar-refractivity contribution in [2.75, 3.05) is 18.0 Å². The molecule has 1 saturated heterocycles. The number of benzene rings is 2. The monoisotopic (exact) mass is 491 g/mol. The Hall–Kier alpha value is -2.48. The van der Waals surface area contributed by atoms with Gasteiger partial charge in [-0.15, -0.1) is 0 Å². The van der Waals surface area contributed by atoms with Crippen molar-refractivity contribution in [2.45, 2.75) is 44.6 Å². The van der Waals surface area contributed by atoms with Crippen LogP contribution in [0.3, 0.4) is 0 Å².